The molecule has 4 rings (SSSR count). The van der Waals surface area contributed by atoms with E-state index in [1.165, 1.54) is 5.56 Å². The maximum absolute atomic E-state index is 12.6. The fraction of sp³-hybridized carbons (Fsp3) is 0.350. The molecule has 0 aromatic heterocycles. The molecule has 1 amide bonds. The highest BCUT2D eigenvalue weighted by atomic mass is 16.5. The lowest BCUT2D eigenvalue weighted by atomic mass is 9.86. The van der Waals surface area contributed by atoms with Crippen LogP contribution in [0.4, 0.5) is 0 Å². The van der Waals surface area contributed by atoms with E-state index in [9.17, 15) is 4.79 Å². The summed E-state index contributed by atoms with van der Waals surface area (Å²) < 4.78 is 5.47. The maximum Gasteiger partial charge on any atom is 0.251 e. The number of carbonyl (C=O) groups is 1. The number of hydrogen-bond donors (Lipinski definition) is 1. The number of benzene rings is 2. The summed E-state index contributed by atoms with van der Waals surface area (Å²) >= 11 is 0. The van der Waals surface area contributed by atoms with Crippen LogP contribution in [0.2, 0.25) is 0 Å². The molecule has 0 unspecified atom stereocenters. The number of nitrogens with zero attached hydrogens (tertiary/aromatic N) is 1. The molecule has 4 heteroatoms. The Balaban J connectivity index is 1.81. The molecular formula is C20H22N2O2. The number of methoxy groups -OCH3 is 1. The minimum Gasteiger partial charge on any atom is -0.496 e. The summed E-state index contributed by atoms with van der Waals surface area (Å²) in [6.07, 6.45) is 0. The van der Waals surface area contributed by atoms with Crippen molar-refractivity contribution in [3.63, 3.8) is 0 Å². The molecule has 0 spiro atoms. The summed E-state index contributed by atoms with van der Waals surface area (Å²) in [7, 11) is 3.83. The van der Waals surface area contributed by atoms with Crippen molar-refractivity contribution in [3.8, 4) is 16.9 Å². The number of carbonyl (C=O) groups excluding carboxylic acids is 1. The van der Waals surface area contributed by atoms with Crippen LogP contribution in [-0.4, -0.2) is 44.6 Å². The van der Waals surface area contributed by atoms with Crippen LogP contribution in [0.15, 0.2) is 42.5 Å². The first-order valence-corrected chi connectivity index (χ1v) is 8.41. The highest BCUT2D eigenvalue weighted by Gasteiger charge is 2.36. The maximum atomic E-state index is 12.6. The summed E-state index contributed by atoms with van der Waals surface area (Å²) in [6, 6.07) is 14.2. The molecule has 1 fully saturated rings. The number of ether oxygens (including phenoxy) is 1. The first-order valence-electron chi connectivity index (χ1n) is 8.41. The van der Waals surface area contributed by atoms with Crippen molar-refractivity contribution in [1.29, 1.82) is 0 Å². The third-order valence-electron chi connectivity index (χ3n) is 5.26. The highest BCUT2D eigenvalue weighted by molar-refractivity contribution is 5.98. The highest BCUT2D eigenvalue weighted by Crippen LogP contribution is 2.38. The lowest BCUT2D eigenvalue weighted by Gasteiger charge is -2.17. The van der Waals surface area contributed by atoms with Crippen molar-refractivity contribution in [1.82, 2.24) is 10.2 Å². The molecule has 1 N–H and O–H groups in total. The second kappa shape index (κ2) is 5.95. The van der Waals surface area contributed by atoms with Crippen LogP contribution < -0.4 is 10.1 Å². The van der Waals surface area contributed by atoms with Crippen molar-refractivity contribution in [2.75, 3.05) is 33.8 Å². The van der Waals surface area contributed by atoms with Crippen molar-refractivity contribution < 1.29 is 9.53 Å². The van der Waals surface area contributed by atoms with Crippen molar-refractivity contribution in [2.45, 2.75) is 5.92 Å². The SMILES string of the molecule is COc1ccccc1-c1ccc2c(c1)C(=O)NC[C@@H]1CN(C)C[C@@H]21. The average molecular weight is 322 g/mol. The summed E-state index contributed by atoms with van der Waals surface area (Å²) in [5.74, 6) is 1.79. The lowest BCUT2D eigenvalue weighted by molar-refractivity contribution is 0.0951. The second-order valence-corrected chi connectivity index (χ2v) is 6.80. The predicted octanol–water partition coefficient (Wildman–Crippen LogP) is 2.75. The van der Waals surface area contributed by atoms with E-state index in [1.807, 2.05) is 30.3 Å². The van der Waals surface area contributed by atoms with E-state index >= 15 is 0 Å². The lowest BCUT2D eigenvalue weighted by Crippen LogP contribution is -2.29. The average Bonchev–Trinajstić information content (AvgIpc) is 2.94. The molecule has 0 bridgehead atoms. The van der Waals surface area contributed by atoms with Gasteiger partial charge in [0.2, 0.25) is 0 Å². The number of nitrogens with one attached hydrogen (secondary N) is 1. The second-order valence-electron chi connectivity index (χ2n) is 6.80. The number of hydrogen-bond acceptors (Lipinski definition) is 3. The Hall–Kier alpha value is -2.33. The Labute approximate surface area is 142 Å². The zero-order chi connectivity index (χ0) is 16.7. The Kier molecular flexibility index (Phi) is 3.77. The molecule has 2 heterocycles. The van der Waals surface area contributed by atoms with E-state index in [4.69, 9.17) is 4.74 Å². The van der Waals surface area contributed by atoms with E-state index in [1.54, 1.807) is 7.11 Å². The van der Waals surface area contributed by atoms with Gasteiger partial charge in [-0.3, -0.25) is 4.79 Å². The molecule has 2 aromatic rings. The topological polar surface area (TPSA) is 41.6 Å². The van der Waals surface area contributed by atoms with Crippen LogP contribution in [0.5, 0.6) is 5.75 Å². The van der Waals surface area contributed by atoms with Gasteiger partial charge in [0.1, 0.15) is 5.75 Å². The molecule has 2 aromatic carbocycles. The van der Waals surface area contributed by atoms with E-state index in [0.29, 0.717) is 11.8 Å². The zero-order valence-electron chi connectivity index (χ0n) is 14.1. The molecule has 2 atom stereocenters. The van der Waals surface area contributed by atoms with Gasteiger partial charge in [0.15, 0.2) is 0 Å². The first kappa shape index (κ1) is 15.2. The smallest absolute Gasteiger partial charge is 0.251 e. The number of likely N-dealkylation sites (N-methyl/N-ethyl adjacent to an activating group) is 1. The van der Waals surface area contributed by atoms with Crippen LogP contribution in [0, 0.1) is 5.92 Å². The van der Waals surface area contributed by atoms with Crippen molar-refractivity contribution in [3.05, 3.63) is 53.6 Å². The minimum absolute atomic E-state index is 0.0406. The third kappa shape index (κ3) is 2.47. The number of rotatable bonds is 2. The van der Waals surface area contributed by atoms with E-state index < -0.39 is 0 Å². The van der Waals surface area contributed by atoms with Crippen LogP contribution >= 0.6 is 0 Å². The largest absolute Gasteiger partial charge is 0.496 e. The number of likely N-dealkylation sites (tertiary alicyclic amines) is 1. The fourth-order valence-electron chi connectivity index (χ4n) is 4.09. The molecule has 0 radical (unpaired) electrons. The van der Waals surface area contributed by atoms with Gasteiger partial charge >= 0.3 is 0 Å². The number of amides is 1. The molecule has 0 aliphatic carbocycles. The van der Waals surface area contributed by atoms with Gasteiger partial charge in [0.25, 0.3) is 5.91 Å². The minimum atomic E-state index is 0.0406. The Morgan fingerprint density at radius 2 is 1.96 bits per heavy atom. The molecule has 2 aliphatic heterocycles. The van der Waals surface area contributed by atoms with Crippen LogP contribution in [-0.2, 0) is 0 Å². The standard InChI is InChI=1S/C20H22N2O2/c1-22-11-14-10-21-20(23)17-9-13(7-8-16(17)18(14)12-22)15-5-3-4-6-19(15)24-2/h3-9,14,18H,10-12H2,1-2H3,(H,21,23)/t14-,18-/m1/s1. The fourth-order valence-corrected chi connectivity index (χ4v) is 4.09. The molecule has 4 nitrogen and oxygen atoms in total. The molecule has 24 heavy (non-hydrogen) atoms. The predicted molar refractivity (Wildman–Crippen MR) is 94.5 cm³/mol. The third-order valence-corrected chi connectivity index (χ3v) is 5.26. The summed E-state index contributed by atoms with van der Waals surface area (Å²) in [4.78, 5) is 15.0. The van der Waals surface area contributed by atoms with Crippen molar-refractivity contribution >= 4 is 5.91 Å². The Morgan fingerprint density at radius 3 is 2.79 bits per heavy atom. The van der Waals surface area contributed by atoms with Gasteiger partial charge in [-0.25, -0.2) is 0 Å². The first-order chi connectivity index (χ1) is 11.7. The quantitative estimate of drug-likeness (QED) is 0.924. The molecule has 124 valence electrons. The zero-order valence-corrected chi connectivity index (χ0v) is 14.1. The van der Waals surface area contributed by atoms with Crippen LogP contribution in [0.3, 0.4) is 0 Å². The van der Waals surface area contributed by atoms with E-state index in [0.717, 1.165) is 42.1 Å². The van der Waals surface area contributed by atoms with Gasteiger partial charge in [-0.15, -0.1) is 0 Å². The van der Waals surface area contributed by atoms with Gasteiger partial charge in [0.05, 0.1) is 7.11 Å². The van der Waals surface area contributed by atoms with Gasteiger partial charge < -0.3 is 15.0 Å². The molecule has 1 saturated heterocycles. The van der Waals surface area contributed by atoms with E-state index in [2.05, 4.69) is 29.4 Å². The molecule has 0 saturated carbocycles. The number of para-hydroxylation sites is 1. The van der Waals surface area contributed by atoms with Crippen molar-refractivity contribution in [2.24, 2.45) is 5.92 Å². The van der Waals surface area contributed by atoms with Crippen LogP contribution in [0.25, 0.3) is 11.1 Å². The molecular weight excluding hydrogens is 300 g/mol. The summed E-state index contributed by atoms with van der Waals surface area (Å²) in [5.41, 5.74) is 4.02. The number of fused-ring (bicyclic) bond motifs is 3. The Bertz CT molecular complexity index is 787. The molecule has 2 aliphatic rings. The van der Waals surface area contributed by atoms with Gasteiger partial charge in [-0.05, 0) is 36.2 Å². The monoisotopic (exact) mass is 322 g/mol. The summed E-state index contributed by atoms with van der Waals surface area (Å²) in [5, 5.41) is 3.10. The van der Waals surface area contributed by atoms with Gasteiger partial charge in [-0.1, -0.05) is 30.3 Å². The van der Waals surface area contributed by atoms with Gasteiger partial charge in [0, 0.05) is 36.7 Å². The summed E-state index contributed by atoms with van der Waals surface area (Å²) in [6.45, 7) is 2.81. The van der Waals surface area contributed by atoms with E-state index in [-0.39, 0.29) is 5.91 Å². The van der Waals surface area contributed by atoms with Gasteiger partial charge in [-0.2, -0.15) is 0 Å². The Morgan fingerprint density at radius 1 is 1.12 bits per heavy atom. The van der Waals surface area contributed by atoms with Crippen LogP contribution in [0.1, 0.15) is 21.8 Å². The normalized spacial score (nSPS) is 23.2.